The lowest BCUT2D eigenvalue weighted by molar-refractivity contribution is -0.145. The second-order valence-corrected chi connectivity index (χ2v) is 8.28. The molecule has 0 radical (unpaired) electrons. The lowest BCUT2D eigenvalue weighted by atomic mass is 10.1. The number of imidazole rings is 1. The molecule has 4 atom stereocenters. The van der Waals surface area contributed by atoms with Crippen LogP contribution in [0.3, 0.4) is 0 Å². The van der Waals surface area contributed by atoms with E-state index in [2.05, 4.69) is 42.9 Å². The fourth-order valence-electron chi connectivity index (χ4n) is 3.46. The Labute approximate surface area is 195 Å². The molecule has 4 rings (SSSR count). The standard InChI is InChI=1S/C19H20IN7O5/c1-2-26(19(31)25-10-5-3-4-9(20)6-10)17(30)14-12(28)13(29)18(32-14)27-8-24-11-15(21)22-7-23-16(11)27/h3-8,12-14,18,28-29H,2H2,1H3,(H,25,31)(H2,21,22,23)/t12-,13+,14-,18+/m0/s1. The van der Waals surface area contributed by atoms with Gasteiger partial charge >= 0.3 is 6.03 Å². The van der Waals surface area contributed by atoms with Gasteiger partial charge in [-0.05, 0) is 47.7 Å². The first-order chi connectivity index (χ1) is 15.3. The summed E-state index contributed by atoms with van der Waals surface area (Å²) in [6.45, 7) is 1.64. The van der Waals surface area contributed by atoms with E-state index in [9.17, 15) is 19.8 Å². The molecule has 168 valence electrons. The molecule has 0 bridgehead atoms. The van der Waals surface area contributed by atoms with Crippen LogP contribution in [0.25, 0.3) is 11.2 Å². The number of nitrogens with two attached hydrogens (primary N) is 1. The molecule has 2 aromatic heterocycles. The van der Waals surface area contributed by atoms with Gasteiger partial charge in [0.1, 0.15) is 24.1 Å². The van der Waals surface area contributed by atoms with Crippen LogP contribution in [0.2, 0.25) is 0 Å². The van der Waals surface area contributed by atoms with E-state index in [1.54, 1.807) is 25.1 Å². The number of aromatic nitrogens is 4. The number of halogens is 1. The number of ether oxygens (including phenoxy) is 1. The lowest BCUT2D eigenvalue weighted by Crippen LogP contribution is -2.49. The van der Waals surface area contributed by atoms with Crippen molar-refractivity contribution in [1.82, 2.24) is 24.4 Å². The molecule has 32 heavy (non-hydrogen) atoms. The Hall–Kier alpha value is -2.88. The first-order valence-electron chi connectivity index (χ1n) is 9.64. The smallest absolute Gasteiger partial charge is 0.328 e. The molecular weight excluding hydrogens is 533 g/mol. The van der Waals surface area contributed by atoms with Crippen molar-refractivity contribution in [2.45, 2.75) is 31.5 Å². The third kappa shape index (κ3) is 3.99. The number of hydrogen-bond donors (Lipinski definition) is 4. The van der Waals surface area contributed by atoms with Crippen molar-refractivity contribution >= 4 is 57.2 Å². The Balaban J connectivity index is 1.55. The number of carbonyl (C=O) groups is 2. The number of imide groups is 1. The number of hydrogen-bond acceptors (Lipinski definition) is 9. The van der Waals surface area contributed by atoms with Crippen LogP contribution < -0.4 is 11.1 Å². The number of fused-ring (bicyclic) bond motifs is 1. The maximum atomic E-state index is 13.1. The molecule has 1 aliphatic rings. The van der Waals surface area contributed by atoms with Crippen molar-refractivity contribution in [3.8, 4) is 0 Å². The van der Waals surface area contributed by atoms with Crippen molar-refractivity contribution in [1.29, 1.82) is 0 Å². The molecule has 1 saturated heterocycles. The number of likely N-dealkylation sites (N-methyl/N-ethyl adjacent to an activating group) is 1. The Morgan fingerprint density at radius 1 is 1.28 bits per heavy atom. The van der Waals surface area contributed by atoms with Gasteiger partial charge in [0, 0.05) is 15.8 Å². The molecule has 3 heterocycles. The summed E-state index contributed by atoms with van der Waals surface area (Å²) in [5, 5.41) is 23.7. The van der Waals surface area contributed by atoms with Crippen LogP contribution in [-0.2, 0) is 9.53 Å². The third-order valence-electron chi connectivity index (χ3n) is 5.05. The van der Waals surface area contributed by atoms with Gasteiger partial charge in [0.05, 0.1) is 6.33 Å². The topological polar surface area (TPSA) is 169 Å². The molecule has 13 heteroatoms. The van der Waals surface area contributed by atoms with Gasteiger partial charge in [-0.3, -0.25) is 14.3 Å². The summed E-state index contributed by atoms with van der Waals surface area (Å²) in [4.78, 5) is 38.7. The minimum absolute atomic E-state index is 0.0275. The van der Waals surface area contributed by atoms with E-state index in [0.29, 0.717) is 11.2 Å². The minimum Gasteiger partial charge on any atom is -0.387 e. The fraction of sp³-hybridized carbons (Fsp3) is 0.316. The Morgan fingerprint density at radius 3 is 2.78 bits per heavy atom. The summed E-state index contributed by atoms with van der Waals surface area (Å²) in [7, 11) is 0. The number of nitrogens with zero attached hydrogens (tertiary/aromatic N) is 5. The molecule has 1 fully saturated rings. The second kappa shape index (κ2) is 8.93. The Kier molecular flexibility index (Phi) is 6.23. The van der Waals surface area contributed by atoms with Crippen molar-refractivity contribution in [2.75, 3.05) is 17.6 Å². The van der Waals surface area contributed by atoms with Crippen molar-refractivity contribution in [3.05, 3.63) is 40.5 Å². The third-order valence-corrected chi connectivity index (χ3v) is 5.72. The highest BCUT2D eigenvalue weighted by molar-refractivity contribution is 14.1. The summed E-state index contributed by atoms with van der Waals surface area (Å²) >= 11 is 2.11. The summed E-state index contributed by atoms with van der Waals surface area (Å²) in [6.07, 6.45) is -3.16. The number of rotatable bonds is 4. The van der Waals surface area contributed by atoms with Gasteiger partial charge in [0.15, 0.2) is 23.8 Å². The van der Waals surface area contributed by atoms with E-state index in [1.807, 2.05) is 6.07 Å². The van der Waals surface area contributed by atoms with Gasteiger partial charge in [-0.2, -0.15) is 0 Å². The van der Waals surface area contributed by atoms with Gasteiger partial charge in [-0.25, -0.2) is 19.7 Å². The zero-order valence-corrected chi connectivity index (χ0v) is 18.9. The van der Waals surface area contributed by atoms with Gasteiger partial charge in [-0.15, -0.1) is 0 Å². The number of urea groups is 1. The number of nitrogen functional groups attached to an aromatic ring is 1. The molecule has 0 unspecified atom stereocenters. The molecule has 0 spiro atoms. The number of anilines is 2. The normalized spacial score (nSPS) is 22.8. The van der Waals surface area contributed by atoms with Gasteiger partial charge in [0.2, 0.25) is 0 Å². The van der Waals surface area contributed by atoms with Crippen LogP contribution in [0.4, 0.5) is 16.3 Å². The first kappa shape index (κ1) is 22.3. The quantitative estimate of drug-likeness (QED) is 0.340. The molecule has 1 aromatic carbocycles. The molecule has 3 amide bonds. The molecule has 12 nitrogen and oxygen atoms in total. The Bertz CT molecular complexity index is 1170. The van der Waals surface area contributed by atoms with Crippen molar-refractivity contribution in [3.63, 3.8) is 0 Å². The first-order valence-corrected chi connectivity index (χ1v) is 10.7. The van der Waals surface area contributed by atoms with E-state index in [4.69, 9.17) is 10.5 Å². The van der Waals surface area contributed by atoms with Crippen molar-refractivity contribution < 1.29 is 24.5 Å². The van der Waals surface area contributed by atoms with E-state index < -0.39 is 36.5 Å². The second-order valence-electron chi connectivity index (χ2n) is 7.03. The zero-order valence-electron chi connectivity index (χ0n) is 16.8. The van der Waals surface area contributed by atoms with Crippen LogP contribution in [0.1, 0.15) is 13.2 Å². The average molecular weight is 553 g/mol. The predicted molar refractivity (Wildman–Crippen MR) is 121 cm³/mol. The van der Waals surface area contributed by atoms with Gasteiger partial charge in [0.25, 0.3) is 5.91 Å². The summed E-state index contributed by atoms with van der Waals surface area (Å²) in [5.74, 6) is -0.651. The molecule has 5 N–H and O–H groups in total. The average Bonchev–Trinajstić information content (AvgIpc) is 3.31. The van der Waals surface area contributed by atoms with Gasteiger partial charge in [-0.1, -0.05) is 6.07 Å². The molecule has 1 aliphatic heterocycles. The van der Waals surface area contributed by atoms with E-state index in [-0.39, 0.29) is 18.0 Å². The van der Waals surface area contributed by atoms with E-state index in [0.717, 1.165) is 8.47 Å². The van der Waals surface area contributed by atoms with E-state index in [1.165, 1.54) is 17.2 Å². The highest BCUT2D eigenvalue weighted by atomic mass is 127. The molecule has 3 aromatic rings. The number of amides is 3. The lowest BCUT2D eigenvalue weighted by Gasteiger charge is -2.24. The molecular formula is C19H20IN7O5. The zero-order chi connectivity index (χ0) is 23.0. The maximum absolute atomic E-state index is 13.1. The monoisotopic (exact) mass is 553 g/mol. The van der Waals surface area contributed by atoms with Gasteiger partial charge < -0.3 is 26.0 Å². The molecule has 0 aliphatic carbocycles. The number of benzene rings is 1. The largest absolute Gasteiger partial charge is 0.387 e. The van der Waals surface area contributed by atoms with Crippen LogP contribution >= 0.6 is 22.6 Å². The minimum atomic E-state index is -1.58. The number of aliphatic hydroxyl groups excluding tert-OH is 2. The van der Waals surface area contributed by atoms with Crippen LogP contribution in [0.15, 0.2) is 36.9 Å². The summed E-state index contributed by atoms with van der Waals surface area (Å²) in [6, 6.07) is 6.39. The number of carbonyl (C=O) groups excluding carboxylic acids is 2. The van der Waals surface area contributed by atoms with E-state index >= 15 is 0 Å². The maximum Gasteiger partial charge on any atom is 0.328 e. The van der Waals surface area contributed by atoms with Crippen molar-refractivity contribution in [2.24, 2.45) is 0 Å². The SMILES string of the molecule is CCN(C(=O)Nc1cccc(I)c1)C(=O)[C@H]1O[C@@H](n2cnc3c(N)ncnc32)[C@H](O)[C@@H]1O. The highest BCUT2D eigenvalue weighted by Gasteiger charge is 2.49. The summed E-state index contributed by atoms with van der Waals surface area (Å²) in [5.41, 5.74) is 6.86. The summed E-state index contributed by atoms with van der Waals surface area (Å²) < 4.78 is 7.96. The number of aliphatic hydroxyl groups is 2. The van der Waals surface area contributed by atoms with Crippen LogP contribution in [0, 0.1) is 3.57 Å². The number of nitrogens with one attached hydrogen (secondary N) is 1. The van der Waals surface area contributed by atoms with Crippen LogP contribution in [0.5, 0.6) is 0 Å². The molecule has 0 saturated carbocycles. The van der Waals surface area contributed by atoms with Crippen LogP contribution in [-0.4, -0.2) is 71.4 Å². The highest BCUT2D eigenvalue weighted by Crippen LogP contribution is 2.33. The predicted octanol–water partition coefficient (Wildman–Crippen LogP) is 0.713. The Morgan fingerprint density at radius 2 is 2.06 bits per heavy atom. The fourth-order valence-corrected chi connectivity index (χ4v) is 4.00.